The monoisotopic (exact) mass is 417 g/mol. The summed E-state index contributed by atoms with van der Waals surface area (Å²) in [6, 6.07) is 5.89. The average Bonchev–Trinajstić information content (AvgIpc) is 3.36. The Morgan fingerprint density at radius 3 is 2.74 bits per heavy atom. The van der Waals surface area contributed by atoms with E-state index in [9.17, 15) is 0 Å². The minimum absolute atomic E-state index is 0.220. The van der Waals surface area contributed by atoms with E-state index in [1.165, 1.54) is 11.5 Å². The molecule has 4 aromatic heterocycles. The van der Waals surface area contributed by atoms with Gasteiger partial charge in [0.05, 0.1) is 37.3 Å². The van der Waals surface area contributed by atoms with Gasteiger partial charge < -0.3 is 14.2 Å². The number of anilines is 1. The zero-order valence-corrected chi connectivity index (χ0v) is 18.4. The van der Waals surface area contributed by atoms with Crippen molar-refractivity contribution in [3.63, 3.8) is 0 Å². The van der Waals surface area contributed by atoms with Gasteiger partial charge in [-0.25, -0.2) is 19.5 Å². The van der Waals surface area contributed by atoms with E-state index in [1.807, 2.05) is 36.8 Å². The van der Waals surface area contributed by atoms with E-state index in [-0.39, 0.29) is 5.41 Å². The van der Waals surface area contributed by atoms with Crippen LogP contribution in [0.5, 0.6) is 5.88 Å². The number of nitrogens with zero attached hydrogens (tertiary/aromatic N) is 7. The Morgan fingerprint density at radius 2 is 1.94 bits per heavy atom. The van der Waals surface area contributed by atoms with Crippen LogP contribution in [0.1, 0.15) is 32.3 Å². The number of methoxy groups -OCH3 is 1. The molecule has 0 fully saturated rings. The van der Waals surface area contributed by atoms with Gasteiger partial charge in [-0.15, -0.1) is 0 Å². The van der Waals surface area contributed by atoms with Crippen molar-refractivity contribution < 1.29 is 4.74 Å². The number of imidazole rings is 1. The molecule has 0 unspecified atom stereocenters. The first kappa shape index (κ1) is 19.5. The van der Waals surface area contributed by atoms with Crippen LogP contribution in [0.3, 0.4) is 0 Å². The number of hydrogen-bond acceptors (Lipinski definition) is 6. The van der Waals surface area contributed by atoms with Crippen molar-refractivity contribution in [1.29, 1.82) is 0 Å². The van der Waals surface area contributed by atoms with Gasteiger partial charge in [0.15, 0.2) is 5.65 Å². The first-order chi connectivity index (χ1) is 14.9. The number of ether oxygens (including phenoxy) is 1. The van der Waals surface area contributed by atoms with Gasteiger partial charge in [0.25, 0.3) is 0 Å². The van der Waals surface area contributed by atoms with Crippen LogP contribution in [0, 0.1) is 5.41 Å². The Kier molecular flexibility index (Phi) is 4.64. The summed E-state index contributed by atoms with van der Waals surface area (Å²) in [4.78, 5) is 16.3. The Labute approximate surface area is 181 Å². The first-order valence-corrected chi connectivity index (χ1v) is 10.5. The van der Waals surface area contributed by atoms with E-state index in [1.54, 1.807) is 17.8 Å². The SMILES string of the molecule is COc1ncccc1-c1cnn2ccc(N3CCn4c(cnc4CC(C)(C)C)C3)nc12. The van der Waals surface area contributed by atoms with Crippen molar-refractivity contribution in [1.82, 2.24) is 29.1 Å². The van der Waals surface area contributed by atoms with E-state index in [0.29, 0.717) is 5.88 Å². The molecule has 1 aliphatic heterocycles. The minimum atomic E-state index is 0.220. The largest absolute Gasteiger partial charge is 0.481 e. The number of fused-ring (bicyclic) bond motifs is 2. The lowest BCUT2D eigenvalue weighted by Crippen LogP contribution is -2.35. The highest BCUT2D eigenvalue weighted by Crippen LogP contribution is 2.31. The van der Waals surface area contributed by atoms with E-state index < -0.39 is 0 Å². The number of hydrogen-bond donors (Lipinski definition) is 0. The molecule has 0 aliphatic carbocycles. The molecule has 0 spiro atoms. The van der Waals surface area contributed by atoms with Gasteiger partial charge in [0.1, 0.15) is 11.6 Å². The van der Waals surface area contributed by atoms with Crippen LogP contribution in [0.4, 0.5) is 5.82 Å². The molecule has 0 saturated carbocycles. The third-order valence-corrected chi connectivity index (χ3v) is 5.59. The third kappa shape index (κ3) is 3.62. The van der Waals surface area contributed by atoms with Crippen LogP contribution in [0.15, 0.2) is 43.0 Å². The topological polar surface area (TPSA) is 73.4 Å². The zero-order valence-electron chi connectivity index (χ0n) is 18.4. The Balaban J connectivity index is 1.47. The van der Waals surface area contributed by atoms with Crippen molar-refractivity contribution in [2.24, 2.45) is 5.41 Å². The van der Waals surface area contributed by atoms with E-state index in [4.69, 9.17) is 14.7 Å². The molecule has 31 heavy (non-hydrogen) atoms. The van der Waals surface area contributed by atoms with Crippen molar-refractivity contribution in [2.75, 3.05) is 18.6 Å². The maximum atomic E-state index is 5.44. The molecule has 0 amide bonds. The summed E-state index contributed by atoms with van der Waals surface area (Å²) in [5.41, 5.74) is 4.03. The van der Waals surface area contributed by atoms with Crippen LogP contribution < -0.4 is 9.64 Å². The summed E-state index contributed by atoms with van der Waals surface area (Å²) in [6.07, 6.45) is 8.48. The van der Waals surface area contributed by atoms with Crippen LogP contribution in [0.25, 0.3) is 16.8 Å². The summed E-state index contributed by atoms with van der Waals surface area (Å²) in [6.45, 7) is 9.36. The van der Waals surface area contributed by atoms with Crippen molar-refractivity contribution in [3.8, 4) is 17.0 Å². The van der Waals surface area contributed by atoms with Crippen LogP contribution in [-0.2, 0) is 19.5 Å². The maximum absolute atomic E-state index is 5.44. The van der Waals surface area contributed by atoms with Gasteiger partial charge in [-0.3, -0.25) is 0 Å². The fourth-order valence-corrected chi connectivity index (χ4v) is 4.14. The molecule has 8 nitrogen and oxygen atoms in total. The normalized spacial score (nSPS) is 14.1. The summed E-state index contributed by atoms with van der Waals surface area (Å²) in [5.74, 6) is 2.67. The minimum Gasteiger partial charge on any atom is -0.481 e. The zero-order chi connectivity index (χ0) is 21.6. The van der Waals surface area contributed by atoms with E-state index in [0.717, 1.165) is 48.6 Å². The fourth-order valence-electron chi connectivity index (χ4n) is 4.14. The molecule has 1 aliphatic rings. The number of rotatable bonds is 4. The average molecular weight is 418 g/mol. The standard InChI is InChI=1S/C23H27N7O/c1-23(2,3)12-20-25-13-16-15-28(10-11-29(16)20)19-7-9-30-21(27-19)18(14-26-30)17-6-5-8-24-22(17)31-4/h5-9,13-14H,10-12,15H2,1-4H3. The summed E-state index contributed by atoms with van der Waals surface area (Å²) < 4.78 is 9.60. The number of aromatic nitrogens is 6. The van der Waals surface area contributed by atoms with Gasteiger partial charge in [-0.2, -0.15) is 5.10 Å². The molecular weight excluding hydrogens is 390 g/mol. The lowest BCUT2D eigenvalue weighted by molar-refractivity contribution is 0.387. The second kappa shape index (κ2) is 7.37. The highest BCUT2D eigenvalue weighted by molar-refractivity contribution is 5.80. The maximum Gasteiger partial charge on any atom is 0.221 e. The second-order valence-corrected chi connectivity index (χ2v) is 9.15. The highest BCUT2D eigenvalue weighted by atomic mass is 16.5. The highest BCUT2D eigenvalue weighted by Gasteiger charge is 2.24. The molecule has 5 heterocycles. The second-order valence-electron chi connectivity index (χ2n) is 9.15. The lowest BCUT2D eigenvalue weighted by Gasteiger charge is -2.30. The van der Waals surface area contributed by atoms with Gasteiger partial charge in [0, 0.05) is 37.5 Å². The molecule has 0 saturated heterocycles. The van der Waals surface area contributed by atoms with E-state index in [2.05, 4.69) is 40.3 Å². The van der Waals surface area contributed by atoms with Crippen LogP contribution in [-0.4, -0.2) is 42.8 Å². The molecule has 5 rings (SSSR count). The molecule has 0 aromatic carbocycles. The van der Waals surface area contributed by atoms with Crippen molar-refractivity contribution in [3.05, 3.63) is 54.5 Å². The summed E-state index contributed by atoms with van der Waals surface area (Å²) in [5, 5.41) is 4.47. The molecular formula is C23H27N7O. The lowest BCUT2D eigenvalue weighted by atomic mass is 9.92. The van der Waals surface area contributed by atoms with Gasteiger partial charge in [0.2, 0.25) is 5.88 Å². The Hall–Kier alpha value is -3.42. The van der Waals surface area contributed by atoms with Gasteiger partial charge >= 0.3 is 0 Å². The third-order valence-electron chi connectivity index (χ3n) is 5.59. The predicted molar refractivity (Wildman–Crippen MR) is 119 cm³/mol. The van der Waals surface area contributed by atoms with Gasteiger partial charge in [-0.05, 0) is 23.6 Å². The van der Waals surface area contributed by atoms with Crippen LogP contribution in [0.2, 0.25) is 0 Å². The molecule has 8 heteroatoms. The summed E-state index contributed by atoms with van der Waals surface area (Å²) in [7, 11) is 1.63. The quantitative estimate of drug-likeness (QED) is 0.505. The molecule has 160 valence electrons. The van der Waals surface area contributed by atoms with Crippen LogP contribution >= 0.6 is 0 Å². The Bertz CT molecular complexity index is 1230. The molecule has 0 N–H and O–H groups in total. The predicted octanol–water partition coefficient (Wildman–Crippen LogP) is 3.61. The smallest absolute Gasteiger partial charge is 0.221 e. The first-order valence-electron chi connectivity index (χ1n) is 10.5. The van der Waals surface area contributed by atoms with Crippen molar-refractivity contribution >= 4 is 11.5 Å². The van der Waals surface area contributed by atoms with Gasteiger partial charge in [-0.1, -0.05) is 20.8 Å². The van der Waals surface area contributed by atoms with Crippen molar-refractivity contribution in [2.45, 2.75) is 40.3 Å². The molecule has 0 radical (unpaired) electrons. The summed E-state index contributed by atoms with van der Waals surface area (Å²) >= 11 is 0. The molecule has 0 bridgehead atoms. The van der Waals surface area contributed by atoms with E-state index >= 15 is 0 Å². The fraction of sp³-hybridized carbons (Fsp3) is 0.391. The molecule has 0 atom stereocenters. The Morgan fingerprint density at radius 1 is 1.06 bits per heavy atom. The number of pyridine rings is 1. The molecule has 4 aromatic rings.